The molecule has 0 saturated carbocycles. The largest absolute Gasteiger partial charge is 0.204 e. The van der Waals surface area contributed by atoms with Crippen molar-refractivity contribution < 1.29 is 8.78 Å². The van der Waals surface area contributed by atoms with Gasteiger partial charge in [0.15, 0.2) is 18.9 Å². The zero-order chi connectivity index (χ0) is 7.84. The van der Waals surface area contributed by atoms with Crippen molar-refractivity contribution in [2.45, 2.75) is 12.7 Å². The average molecular weight is 151 g/mol. The van der Waals surface area contributed by atoms with Crippen molar-refractivity contribution in [3.8, 4) is 0 Å². The Morgan fingerprint density at radius 1 is 1.27 bits per heavy atom. The first-order chi connectivity index (χ1) is 5.29. The summed E-state index contributed by atoms with van der Waals surface area (Å²) in [6, 6.07) is 2.84. The Morgan fingerprint density at radius 3 is 2.91 bits per heavy atom. The van der Waals surface area contributed by atoms with E-state index in [4.69, 9.17) is 0 Å². The summed E-state index contributed by atoms with van der Waals surface area (Å²) in [4.78, 5) is 0. The van der Waals surface area contributed by atoms with E-state index in [0.29, 0.717) is 5.46 Å². The zero-order valence-electron chi connectivity index (χ0n) is 5.90. The standard InChI is InChI=1S/C8H6BF2/c10-6-2-1-5-3-4-9-7(5)8(6)11/h1-2H,3-4H2. The van der Waals surface area contributed by atoms with Crippen molar-refractivity contribution in [2.75, 3.05) is 0 Å². The number of benzene rings is 1. The van der Waals surface area contributed by atoms with Crippen LogP contribution < -0.4 is 5.46 Å². The van der Waals surface area contributed by atoms with E-state index >= 15 is 0 Å². The van der Waals surface area contributed by atoms with Gasteiger partial charge >= 0.3 is 0 Å². The smallest absolute Gasteiger partial charge is 0.158 e. The van der Waals surface area contributed by atoms with Gasteiger partial charge in [-0.05, 0) is 17.9 Å². The van der Waals surface area contributed by atoms with Gasteiger partial charge < -0.3 is 0 Å². The first-order valence-electron chi connectivity index (χ1n) is 3.59. The van der Waals surface area contributed by atoms with Crippen LogP contribution >= 0.6 is 0 Å². The lowest BCUT2D eigenvalue weighted by Crippen LogP contribution is -2.17. The maximum Gasteiger partial charge on any atom is 0.158 e. The van der Waals surface area contributed by atoms with E-state index in [2.05, 4.69) is 0 Å². The van der Waals surface area contributed by atoms with Gasteiger partial charge in [0.2, 0.25) is 0 Å². The SMILES string of the molecule is Fc1ccc2c(c1F)[B]CC2. The molecule has 0 atom stereocenters. The fourth-order valence-electron chi connectivity index (χ4n) is 1.42. The molecule has 1 aromatic carbocycles. The normalized spacial score (nSPS) is 14.4. The van der Waals surface area contributed by atoms with Gasteiger partial charge in [0, 0.05) is 0 Å². The van der Waals surface area contributed by atoms with Crippen molar-refractivity contribution in [1.29, 1.82) is 0 Å². The molecule has 3 heteroatoms. The highest BCUT2D eigenvalue weighted by atomic mass is 19.2. The first kappa shape index (κ1) is 6.83. The topological polar surface area (TPSA) is 0 Å². The van der Waals surface area contributed by atoms with Crippen molar-refractivity contribution >= 4 is 12.7 Å². The lowest BCUT2D eigenvalue weighted by molar-refractivity contribution is 0.513. The summed E-state index contributed by atoms with van der Waals surface area (Å²) >= 11 is 0. The second-order valence-corrected chi connectivity index (χ2v) is 2.68. The zero-order valence-corrected chi connectivity index (χ0v) is 5.90. The molecule has 1 aliphatic heterocycles. The Balaban J connectivity index is 2.62. The van der Waals surface area contributed by atoms with E-state index in [1.165, 1.54) is 6.07 Å². The van der Waals surface area contributed by atoms with Crippen LogP contribution in [0.2, 0.25) is 6.32 Å². The molecule has 0 aromatic heterocycles. The number of hydrogen-bond acceptors (Lipinski definition) is 0. The molecule has 55 valence electrons. The minimum atomic E-state index is -0.748. The van der Waals surface area contributed by atoms with Crippen LogP contribution in [-0.4, -0.2) is 7.28 Å². The molecule has 0 aliphatic carbocycles. The average Bonchev–Trinajstić information content (AvgIpc) is 2.45. The van der Waals surface area contributed by atoms with Crippen molar-refractivity contribution in [1.82, 2.24) is 0 Å². The number of halogens is 2. The third kappa shape index (κ3) is 0.952. The highest BCUT2D eigenvalue weighted by Gasteiger charge is 2.18. The molecule has 0 spiro atoms. The van der Waals surface area contributed by atoms with Crippen LogP contribution in [0.4, 0.5) is 8.78 Å². The van der Waals surface area contributed by atoms with E-state index in [9.17, 15) is 8.78 Å². The van der Waals surface area contributed by atoms with E-state index in [0.717, 1.165) is 18.3 Å². The predicted molar refractivity (Wildman–Crippen MR) is 40.3 cm³/mol. The van der Waals surface area contributed by atoms with Crippen LogP contribution in [0.5, 0.6) is 0 Å². The molecule has 0 nitrogen and oxygen atoms in total. The number of aryl methyl sites for hydroxylation is 1. The molecule has 0 fully saturated rings. The van der Waals surface area contributed by atoms with Gasteiger partial charge in [-0.2, -0.15) is 0 Å². The monoisotopic (exact) mass is 151 g/mol. The predicted octanol–water partition coefficient (Wildman–Crippen LogP) is 1.27. The molecule has 0 saturated heterocycles. The number of fused-ring (bicyclic) bond motifs is 1. The third-order valence-corrected chi connectivity index (χ3v) is 1.99. The molecule has 2 rings (SSSR count). The lowest BCUT2D eigenvalue weighted by atomic mass is 9.72. The molecule has 1 heterocycles. The fourth-order valence-corrected chi connectivity index (χ4v) is 1.42. The molecule has 1 aliphatic rings. The van der Waals surface area contributed by atoms with Gasteiger partial charge in [0.05, 0.1) is 0 Å². The molecule has 0 unspecified atom stereocenters. The minimum Gasteiger partial charge on any atom is -0.204 e. The molecule has 0 bridgehead atoms. The summed E-state index contributed by atoms with van der Waals surface area (Å²) in [6.45, 7) is 0. The van der Waals surface area contributed by atoms with Crippen LogP contribution in [-0.2, 0) is 6.42 Å². The van der Waals surface area contributed by atoms with Gasteiger partial charge in [-0.3, -0.25) is 0 Å². The third-order valence-electron chi connectivity index (χ3n) is 1.99. The van der Waals surface area contributed by atoms with Crippen LogP contribution in [0.15, 0.2) is 12.1 Å². The summed E-state index contributed by atoms with van der Waals surface area (Å²) in [7, 11) is 1.74. The Morgan fingerprint density at radius 2 is 2.09 bits per heavy atom. The molecule has 1 radical (unpaired) electrons. The van der Waals surface area contributed by atoms with E-state index in [1.54, 1.807) is 13.3 Å². The van der Waals surface area contributed by atoms with Gasteiger partial charge in [0.25, 0.3) is 0 Å². The molecular formula is C8H6BF2. The Hall–Kier alpha value is -0.855. The first-order valence-corrected chi connectivity index (χ1v) is 3.59. The summed E-state index contributed by atoms with van der Waals surface area (Å²) in [6.07, 6.45) is 1.67. The van der Waals surface area contributed by atoms with Gasteiger partial charge in [-0.15, -0.1) is 0 Å². The lowest BCUT2D eigenvalue weighted by Gasteiger charge is -2.00. The summed E-state index contributed by atoms with van der Waals surface area (Å²) in [5.41, 5.74) is 1.38. The van der Waals surface area contributed by atoms with Crippen LogP contribution in [0, 0.1) is 11.6 Å². The number of hydrogen-bond donors (Lipinski definition) is 0. The molecule has 1 aromatic rings. The van der Waals surface area contributed by atoms with Crippen molar-refractivity contribution in [3.05, 3.63) is 29.3 Å². The second-order valence-electron chi connectivity index (χ2n) is 2.68. The highest BCUT2D eigenvalue weighted by molar-refractivity contribution is 6.55. The van der Waals surface area contributed by atoms with Crippen LogP contribution in [0.1, 0.15) is 5.56 Å². The van der Waals surface area contributed by atoms with Crippen molar-refractivity contribution in [2.24, 2.45) is 0 Å². The van der Waals surface area contributed by atoms with E-state index < -0.39 is 11.6 Å². The minimum absolute atomic E-state index is 0.463. The Bertz CT molecular complexity index is 296. The molecule has 0 amide bonds. The van der Waals surface area contributed by atoms with Gasteiger partial charge in [0.1, 0.15) is 0 Å². The summed E-state index contributed by atoms with van der Waals surface area (Å²) < 4.78 is 25.5. The molecule has 11 heavy (non-hydrogen) atoms. The van der Waals surface area contributed by atoms with Gasteiger partial charge in [-0.25, -0.2) is 8.78 Å². The van der Waals surface area contributed by atoms with Gasteiger partial charge in [-0.1, -0.05) is 17.9 Å². The Labute approximate surface area is 64.5 Å². The van der Waals surface area contributed by atoms with Crippen LogP contribution in [0.3, 0.4) is 0 Å². The Kier molecular flexibility index (Phi) is 1.45. The fraction of sp³-hybridized carbons (Fsp3) is 0.250. The number of rotatable bonds is 0. The van der Waals surface area contributed by atoms with Crippen LogP contribution in [0.25, 0.3) is 0 Å². The molecular weight excluding hydrogens is 145 g/mol. The summed E-state index contributed by atoms with van der Waals surface area (Å²) in [5, 5.41) is 0. The molecule has 0 N–H and O–H groups in total. The maximum absolute atomic E-state index is 12.9. The highest BCUT2D eigenvalue weighted by Crippen LogP contribution is 2.13. The van der Waals surface area contributed by atoms with E-state index in [1.807, 2.05) is 0 Å². The maximum atomic E-state index is 12.9. The second kappa shape index (κ2) is 2.33. The quantitative estimate of drug-likeness (QED) is 0.489. The van der Waals surface area contributed by atoms with Crippen molar-refractivity contribution in [3.63, 3.8) is 0 Å². The van der Waals surface area contributed by atoms with E-state index in [-0.39, 0.29) is 0 Å². The summed E-state index contributed by atoms with van der Waals surface area (Å²) in [5.74, 6) is -1.44.